The summed E-state index contributed by atoms with van der Waals surface area (Å²) in [5, 5.41) is 9.25. The van der Waals surface area contributed by atoms with Crippen LogP contribution in [0.5, 0.6) is 0 Å². The van der Waals surface area contributed by atoms with Crippen LogP contribution in [0.1, 0.15) is 26.5 Å². The van der Waals surface area contributed by atoms with E-state index in [9.17, 15) is 9.59 Å². The van der Waals surface area contributed by atoms with Gasteiger partial charge in [-0.1, -0.05) is 17.3 Å². The Hall–Kier alpha value is -4.20. The highest BCUT2D eigenvalue weighted by molar-refractivity contribution is 6.04. The van der Waals surface area contributed by atoms with Gasteiger partial charge in [0.25, 0.3) is 11.8 Å². The van der Waals surface area contributed by atoms with Crippen molar-refractivity contribution in [1.29, 1.82) is 0 Å². The highest BCUT2D eigenvalue weighted by Gasteiger charge is 2.16. The van der Waals surface area contributed by atoms with E-state index in [4.69, 9.17) is 8.94 Å². The summed E-state index contributed by atoms with van der Waals surface area (Å²) in [5.74, 6) is 0.0943. The lowest BCUT2D eigenvalue weighted by Crippen LogP contribution is -2.23. The molecule has 29 heavy (non-hydrogen) atoms. The molecule has 0 spiro atoms. The van der Waals surface area contributed by atoms with Crippen LogP contribution in [0.3, 0.4) is 0 Å². The maximum Gasteiger partial charge on any atom is 0.277 e. The Balaban J connectivity index is 1.40. The van der Waals surface area contributed by atoms with Crippen molar-refractivity contribution in [3.63, 3.8) is 0 Å². The van der Waals surface area contributed by atoms with Crippen LogP contribution >= 0.6 is 0 Å². The molecule has 0 aliphatic heterocycles. The Morgan fingerprint density at radius 2 is 1.86 bits per heavy atom. The highest BCUT2D eigenvalue weighted by Crippen LogP contribution is 2.21. The Morgan fingerprint density at radius 3 is 2.66 bits per heavy atom. The third-order valence-corrected chi connectivity index (χ3v) is 4.05. The number of aromatic nitrogens is 2. The van der Waals surface area contributed by atoms with Gasteiger partial charge in [-0.25, -0.2) is 0 Å². The van der Waals surface area contributed by atoms with Gasteiger partial charge in [0.05, 0.1) is 18.5 Å². The van der Waals surface area contributed by atoms with Crippen molar-refractivity contribution in [2.24, 2.45) is 0 Å². The van der Waals surface area contributed by atoms with E-state index in [0.29, 0.717) is 29.3 Å². The van der Waals surface area contributed by atoms with Crippen molar-refractivity contribution in [3.8, 4) is 11.5 Å². The zero-order valence-electron chi connectivity index (χ0n) is 15.2. The van der Waals surface area contributed by atoms with Crippen molar-refractivity contribution in [2.75, 3.05) is 5.32 Å². The summed E-state index contributed by atoms with van der Waals surface area (Å²) < 4.78 is 10.3. The molecule has 0 unspecified atom stereocenters. The van der Waals surface area contributed by atoms with E-state index in [1.54, 1.807) is 42.6 Å². The minimum atomic E-state index is -0.461. The van der Waals surface area contributed by atoms with Gasteiger partial charge in [-0.15, -0.1) is 0 Å². The molecule has 0 fully saturated rings. The van der Waals surface area contributed by atoms with Gasteiger partial charge in [-0.05, 0) is 42.5 Å². The molecule has 0 radical (unpaired) electrons. The molecule has 4 aromatic rings. The largest absolute Gasteiger partial charge is 0.461 e. The molecule has 3 heterocycles. The number of carbonyl (C=O) groups excluding carboxylic acids is 2. The van der Waals surface area contributed by atoms with Gasteiger partial charge in [0, 0.05) is 23.5 Å². The zero-order chi connectivity index (χ0) is 20.1. The van der Waals surface area contributed by atoms with Gasteiger partial charge in [0.1, 0.15) is 0 Å². The molecule has 0 aliphatic carbocycles. The molecule has 8 heteroatoms. The summed E-state index contributed by atoms with van der Waals surface area (Å²) in [6, 6.07) is 17.0. The van der Waals surface area contributed by atoms with Crippen LogP contribution in [0.2, 0.25) is 0 Å². The van der Waals surface area contributed by atoms with Crippen LogP contribution in [-0.2, 0) is 6.54 Å². The number of amides is 2. The number of anilines is 1. The fourth-order valence-electron chi connectivity index (χ4n) is 2.63. The number of rotatable bonds is 6. The number of nitrogens with one attached hydrogen (secondary N) is 2. The van der Waals surface area contributed by atoms with Crippen molar-refractivity contribution < 1.29 is 18.5 Å². The first-order valence-electron chi connectivity index (χ1n) is 8.79. The van der Waals surface area contributed by atoms with Crippen LogP contribution in [0.25, 0.3) is 11.5 Å². The number of furan rings is 1. The van der Waals surface area contributed by atoms with Crippen molar-refractivity contribution in [2.45, 2.75) is 6.54 Å². The van der Waals surface area contributed by atoms with E-state index in [1.165, 1.54) is 12.3 Å². The Morgan fingerprint density at radius 1 is 0.931 bits per heavy atom. The number of pyridine rings is 1. The van der Waals surface area contributed by atoms with E-state index in [-0.39, 0.29) is 11.6 Å². The molecule has 4 rings (SSSR count). The summed E-state index contributed by atoms with van der Waals surface area (Å²) in [5.41, 5.74) is 1.73. The SMILES string of the molecule is O=C(NCc1ccccn1)c1cccc(NC(=O)c2cc(-c3ccco3)on2)c1. The number of benzene rings is 1. The van der Waals surface area contributed by atoms with Gasteiger partial charge < -0.3 is 19.6 Å². The minimum absolute atomic E-state index is 0.0985. The average molecular weight is 388 g/mol. The Labute approximate surface area is 165 Å². The maximum atomic E-state index is 12.4. The first-order valence-corrected chi connectivity index (χ1v) is 8.79. The highest BCUT2D eigenvalue weighted by atomic mass is 16.5. The summed E-state index contributed by atoms with van der Waals surface area (Å²) in [4.78, 5) is 28.9. The summed E-state index contributed by atoms with van der Waals surface area (Å²) in [6.45, 7) is 0.310. The Bertz CT molecular complexity index is 1120. The zero-order valence-corrected chi connectivity index (χ0v) is 15.2. The quantitative estimate of drug-likeness (QED) is 0.523. The summed E-state index contributed by atoms with van der Waals surface area (Å²) in [7, 11) is 0. The number of hydrogen-bond acceptors (Lipinski definition) is 6. The lowest BCUT2D eigenvalue weighted by Gasteiger charge is -2.07. The first kappa shape index (κ1) is 18.2. The van der Waals surface area contributed by atoms with Crippen molar-refractivity contribution in [1.82, 2.24) is 15.5 Å². The standard InChI is InChI=1S/C21H16N4O4/c26-20(23-13-16-6-1-2-9-22-16)14-5-3-7-15(11-14)24-21(27)17-12-19(29-25-17)18-8-4-10-28-18/h1-12H,13H2,(H,23,26)(H,24,27). The van der Waals surface area contributed by atoms with E-state index < -0.39 is 5.91 Å². The van der Waals surface area contributed by atoms with Gasteiger partial charge in [-0.3, -0.25) is 14.6 Å². The van der Waals surface area contributed by atoms with Crippen LogP contribution < -0.4 is 10.6 Å². The van der Waals surface area contributed by atoms with Crippen LogP contribution in [-0.4, -0.2) is 22.0 Å². The van der Waals surface area contributed by atoms with E-state index in [1.807, 2.05) is 18.2 Å². The second-order valence-corrected chi connectivity index (χ2v) is 6.09. The molecule has 2 amide bonds. The summed E-state index contributed by atoms with van der Waals surface area (Å²) >= 11 is 0. The predicted octanol–water partition coefficient (Wildman–Crippen LogP) is 3.51. The molecule has 0 atom stereocenters. The smallest absolute Gasteiger partial charge is 0.277 e. The average Bonchev–Trinajstić information content (AvgIpc) is 3.45. The molecule has 0 saturated heterocycles. The molecular formula is C21H16N4O4. The molecule has 3 aromatic heterocycles. The number of nitrogens with zero attached hydrogens (tertiary/aromatic N) is 2. The second kappa shape index (κ2) is 8.22. The number of hydrogen-bond donors (Lipinski definition) is 2. The molecule has 2 N–H and O–H groups in total. The molecule has 0 bridgehead atoms. The number of carbonyl (C=O) groups is 2. The monoisotopic (exact) mass is 388 g/mol. The third-order valence-electron chi connectivity index (χ3n) is 4.05. The molecule has 0 saturated carbocycles. The van der Waals surface area contributed by atoms with E-state index in [2.05, 4.69) is 20.8 Å². The second-order valence-electron chi connectivity index (χ2n) is 6.09. The molecule has 8 nitrogen and oxygen atoms in total. The fourth-order valence-corrected chi connectivity index (χ4v) is 2.63. The van der Waals surface area contributed by atoms with Crippen LogP contribution in [0.4, 0.5) is 5.69 Å². The van der Waals surface area contributed by atoms with Gasteiger partial charge in [0.15, 0.2) is 11.5 Å². The molecule has 1 aromatic carbocycles. The lowest BCUT2D eigenvalue weighted by atomic mass is 10.2. The van der Waals surface area contributed by atoms with Gasteiger partial charge in [0.2, 0.25) is 5.76 Å². The predicted molar refractivity (Wildman–Crippen MR) is 104 cm³/mol. The van der Waals surface area contributed by atoms with Crippen molar-refractivity contribution in [3.05, 3.63) is 90.1 Å². The third kappa shape index (κ3) is 4.38. The lowest BCUT2D eigenvalue weighted by molar-refractivity contribution is 0.0949. The van der Waals surface area contributed by atoms with Crippen molar-refractivity contribution >= 4 is 17.5 Å². The van der Waals surface area contributed by atoms with Gasteiger partial charge in [-0.2, -0.15) is 0 Å². The van der Waals surface area contributed by atoms with Gasteiger partial charge >= 0.3 is 0 Å². The van der Waals surface area contributed by atoms with Crippen LogP contribution in [0, 0.1) is 0 Å². The molecular weight excluding hydrogens is 372 g/mol. The van der Waals surface area contributed by atoms with E-state index >= 15 is 0 Å². The minimum Gasteiger partial charge on any atom is -0.461 e. The topological polar surface area (TPSA) is 110 Å². The van der Waals surface area contributed by atoms with Crippen LogP contribution in [0.15, 0.2) is 82.1 Å². The normalized spacial score (nSPS) is 10.5. The van der Waals surface area contributed by atoms with E-state index in [0.717, 1.165) is 5.69 Å². The fraction of sp³-hybridized carbons (Fsp3) is 0.0476. The summed E-state index contributed by atoms with van der Waals surface area (Å²) in [6.07, 6.45) is 3.17. The molecule has 144 valence electrons. The molecule has 0 aliphatic rings. The Kier molecular flexibility index (Phi) is 5.15. The first-order chi connectivity index (χ1) is 14.2. The maximum absolute atomic E-state index is 12.4.